The molecule has 9 nitrogen and oxygen atoms in total. The molecule has 4 atom stereocenters. The van der Waals surface area contributed by atoms with E-state index in [1.54, 1.807) is 0 Å². The van der Waals surface area contributed by atoms with Gasteiger partial charge in [-0.25, -0.2) is 9.59 Å². The molecule has 0 saturated heterocycles. The van der Waals surface area contributed by atoms with Gasteiger partial charge < -0.3 is 19.4 Å². The molecule has 0 aromatic carbocycles. The molecule has 2 N–H and O–H groups in total. The van der Waals surface area contributed by atoms with Crippen molar-refractivity contribution in [2.45, 2.75) is 77.6 Å². The van der Waals surface area contributed by atoms with Crippen molar-refractivity contribution in [1.29, 1.82) is 0 Å². The highest BCUT2D eigenvalue weighted by atomic mass is 16.6. The van der Waals surface area contributed by atoms with Gasteiger partial charge in [0.1, 0.15) is 5.56 Å². The first-order valence-corrected chi connectivity index (χ1v) is 14.8. The van der Waals surface area contributed by atoms with Crippen LogP contribution in [0, 0.1) is 13.8 Å². The quantitative estimate of drug-likeness (QED) is 0.245. The summed E-state index contributed by atoms with van der Waals surface area (Å²) >= 11 is 0. The zero-order valence-electron chi connectivity index (χ0n) is 25.4. The predicted octanol–water partition coefficient (Wildman–Crippen LogP) is 7.02. The maximum absolute atomic E-state index is 13.5. The number of hydrogen-bond donors (Lipinski definition) is 2. The average molecular weight is 581 g/mol. The lowest BCUT2D eigenvalue weighted by molar-refractivity contribution is -0.140. The third kappa shape index (κ3) is 4.49. The van der Waals surface area contributed by atoms with E-state index in [2.05, 4.69) is 36.5 Å². The molecule has 0 saturated carbocycles. The summed E-state index contributed by atoms with van der Waals surface area (Å²) < 4.78 is 10.2. The molecule has 3 aromatic heterocycles. The van der Waals surface area contributed by atoms with Gasteiger partial charge in [0.15, 0.2) is 0 Å². The molecule has 43 heavy (non-hydrogen) atoms. The van der Waals surface area contributed by atoms with Crippen LogP contribution in [0.2, 0.25) is 0 Å². The standard InChI is InChI=1S/C34H36N4O5/c1-8-19-15(3)22-12-24-17(5)21(10-11-28(39)42-7)31(37-24)30-32-29(33(40)43-34(30)41)18(6)25(38-32)14-27-20(9-2)16(4)23(36-27)13-26(19)35-22/h8,12-14,16-17,20-21,35,38H,1,9-11H2,2-7H3/t16?,17-,20?,21-/m1/s1. The summed E-state index contributed by atoms with van der Waals surface area (Å²) in [4.78, 5) is 55.8. The fraction of sp³-hybridized carbons (Fsp3) is 0.382. The Kier molecular flexibility index (Phi) is 7.07. The van der Waals surface area contributed by atoms with E-state index in [4.69, 9.17) is 19.4 Å². The second kappa shape index (κ2) is 10.6. The average Bonchev–Trinajstić information content (AvgIpc) is 3.65. The fourth-order valence-corrected chi connectivity index (χ4v) is 6.93. The largest absolute Gasteiger partial charge is 0.469 e. The number of esters is 3. The number of hydrogen-bond acceptors (Lipinski definition) is 7. The van der Waals surface area contributed by atoms with Crippen molar-refractivity contribution in [3.8, 4) is 0 Å². The van der Waals surface area contributed by atoms with E-state index in [-0.39, 0.29) is 41.6 Å². The van der Waals surface area contributed by atoms with Gasteiger partial charge in [0, 0.05) is 69.3 Å². The molecule has 222 valence electrons. The number of aryl methyl sites for hydroxylation is 2. The van der Waals surface area contributed by atoms with Crippen molar-refractivity contribution < 1.29 is 23.9 Å². The number of fused-ring (bicyclic) bond motifs is 8. The highest BCUT2D eigenvalue weighted by Gasteiger charge is 2.39. The van der Waals surface area contributed by atoms with Crippen molar-refractivity contribution >= 4 is 46.1 Å². The van der Waals surface area contributed by atoms with Crippen LogP contribution in [0.15, 0.2) is 24.8 Å². The SMILES string of the molecule is C=Cc1c(C)c2cc3nc(c4c5[nH]c(cc6nc(cc1[nH]2)C(C)C6CC)c(C)c5C(=O)OC4=O)[C@H](CCC(=O)OC)[C@H]3C. The van der Waals surface area contributed by atoms with Crippen molar-refractivity contribution in [2.75, 3.05) is 7.11 Å². The molecular formula is C34H36N4O5. The molecule has 8 bridgehead atoms. The van der Waals surface area contributed by atoms with Crippen LogP contribution in [0.3, 0.4) is 0 Å². The molecule has 6 rings (SSSR count). The Morgan fingerprint density at radius 3 is 2.26 bits per heavy atom. The first-order chi connectivity index (χ1) is 20.6. The zero-order valence-corrected chi connectivity index (χ0v) is 25.4. The number of rotatable bonds is 5. The summed E-state index contributed by atoms with van der Waals surface area (Å²) in [5.74, 6) is -1.87. The Morgan fingerprint density at radius 2 is 1.56 bits per heavy atom. The monoisotopic (exact) mass is 580 g/mol. The summed E-state index contributed by atoms with van der Waals surface area (Å²) in [6.07, 6.45) is 3.31. The summed E-state index contributed by atoms with van der Waals surface area (Å²) in [5, 5.41) is 0. The highest BCUT2D eigenvalue weighted by molar-refractivity contribution is 6.18. The number of aromatic nitrogens is 4. The van der Waals surface area contributed by atoms with Crippen LogP contribution < -0.4 is 0 Å². The lowest BCUT2D eigenvalue weighted by Gasteiger charge is -2.18. The Balaban J connectivity index is 1.78. The van der Waals surface area contributed by atoms with Gasteiger partial charge in [0.2, 0.25) is 0 Å². The van der Waals surface area contributed by atoms with Crippen molar-refractivity contribution in [1.82, 2.24) is 19.9 Å². The Morgan fingerprint density at radius 1 is 0.930 bits per heavy atom. The number of ether oxygens (including phenoxy) is 2. The maximum Gasteiger partial charge on any atom is 0.350 e. The van der Waals surface area contributed by atoms with Crippen LogP contribution >= 0.6 is 0 Å². The molecule has 0 fully saturated rings. The number of aromatic amines is 2. The maximum atomic E-state index is 13.5. The van der Waals surface area contributed by atoms with E-state index < -0.39 is 11.9 Å². The predicted molar refractivity (Wildman–Crippen MR) is 164 cm³/mol. The molecule has 3 aromatic rings. The summed E-state index contributed by atoms with van der Waals surface area (Å²) in [7, 11) is 1.36. The number of methoxy groups -OCH3 is 1. The molecule has 2 unspecified atom stereocenters. The minimum absolute atomic E-state index is 0.137. The number of H-pyrrole nitrogens is 2. The second-order valence-electron chi connectivity index (χ2n) is 11.8. The molecule has 6 heterocycles. The van der Waals surface area contributed by atoms with Crippen LogP contribution in [-0.4, -0.2) is 45.0 Å². The Hall–Kier alpha value is -4.53. The highest BCUT2D eigenvalue weighted by Crippen LogP contribution is 2.44. The third-order valence-electron chi connectivity index (χ3n) is 9.54. The molecule has 0 amide bonds. The Bertz CT molecular complexity index is 1880. The minimum atomic E-state index is -0.752. The van der Waals surface area contributed by atoms with Crippen molar-refractivity contribution in [2.24, 2.45) is 0 Å². The number of carbonyl (C=O) groups is 3. The van der Waals surface area contributed by atoms with Crippen molar-refractivity contribution in [3.05, 3.63) is 75.4 Å². The molecule has 3 aliphatic rings. The third-order valence-corrected chi connectivity index (χ3v) is 9.54. The molecule has 3 aliphatic heterocycles. The minimum Gasteiger partial charge on any atom is -0.469 e. The molecule has 0 radical (unpaired) electrons. The van der Waals surface area contributed by atoms with Gasteiger partial charge in [-0.2, -0.15) is 0 Å². The second-order valence-corrected chi connectivity index (χ2v) is 11.8. The van der Waals surface area contributed by atoms with Crippen LogP contribution in [0.5, 0.6) is 0 Å². The smallest absolute Gasteiger partial charge is 0.350 e. The molecule has 0 aliphatic carbocycles. The van der Waals surface area contributed by atoms with E-state index in [0.717, 1.165) is 45.7 Å². The van der Waals surface area contributed by atoms with Gasteiger partial charge >= 0.3 is 17.9 Å². The van der Waals surface area contributed by atoms with Crippen LogP contribution in [0.25, 0.3) is 28.1 Å². The van der Waals surface area contributed by atoms with E-state index in [0.29, 0.717) is 34.3 Å². The van der Waals surface area contributed by atoms with E-state index in [9.17, 15) is 14.4 Å². The van der Waals surface area contributed by atoms with Gasteiger partial charge in [-0.05, 0) is 56.0 Å². The van der Waals surface area contributed by atoms with Gasteiger partial charge in [-0.3, -0.25) is 14.8 Å². The normalized spacial score (nSPS) is 21.1. The van der Waals surface area contributed by atoms with Crippen LogP contribution in [0.1, 0.15) is 124 Å². The van der Waals surface area contributed by atoms with Gasteiger partial charge in [0.25, 0.3) is 0 Å². The van der Waals surface area contributed by atoms with Crippen LogP contribution in [0.4, 0.5) is 0 Å². The van der Waals surface area contributed by atoms with Gasteiger partial charge in [-0.1, -0.05) is 33.4 Å². The van der Waals surface area contributed by atoms with Crippen LogP contribution in [-0.2, 0) is 14.3 Å². The van der Waals surface area contributed by atoms with E-state index in [1.807, 2.05) is 39.0 Å². The van der Waals surface area contributed by atoms with E-state index >= 15 is 0 Å². The lowest BCUT2D eigenvalue weighted by Crippen LogP contribution is -2.21. The summed E-state index contributed by atoms with van der Waals surface area (Å²) in [5.41, 5.74) is 9.26. The van der Waals surface area contributed by atoms with Crippen molar-refractivity contribution in [3.63, 3.8) is 0 Å². The molecule has 9 heteroatoms. The topological polar surface area (TPSA) is 127 Å². The van der Waals surface area contributed by atoms with Gasteiger partial charge in [-0.15, -0.1) is 0 Å². The number of cyclic esters (lactones) is 2. The lowest BCUT2D eigenvalue weighted by atomic mass is 9.85. The van der Waals surface area contributed by atoms with E-state index in [1.165, 1.54) is 7.11 Å². The number of carbonyl (C=O) groups excluding carboxylic acids is 3. The molecule has 0 spiro atoms. The number of nitrogens with one attached hydrogen (secondary N) is 2. The first-order valence-electron chi connectivity index (χ1n) is 14.8. The van der Waals surface area contributed by atoms with Gasteiger partial charge in [0.05, 0.1) is 23.9 Å². The summed E-state index contributed by atoms with van der Waals surface area (Å²) in [6.45, 7) is 14.3. The summed E-state index contributed by atoms with van der Waals surface area (Å²) in [6, 6.07) is 6.09. The molecular weight excluding hydrogens is 544 g/mol. The first kappa shape index (κ1) is 28.6. The number of nitrogens with zero attached hydrogens (tertiary/aromatic N) is 2. The Labute approximate surface area is 249 Å². The fourth-order valence-electron chi connectivity index (χ4n) is 6.93. The zero-order chi connectivity index (χ0) is 30.7.